The van der Waals surface area contributed by atoms with Crippen molar-refractivity contribution in [1.29, 1.82) is 0 Å². The second-order valence-corrected chi connectivity index (χ2v) is 3.97. The van der Waals surface area contributed by atoms with Crippen molar-refractivity contribution in [2.24, 2.45) is 5.73 Å². The van der Waals surface area contributed by atoms with Crippen LogP contribution in [0.25, 0.3) is 0 Å². The average Bonchev–Trinajstić information content (AvgIpc) is 2.45. The van der Waals surface area contributed by atoms with Gasteiger partial charge in [0.25, 0.3) is 0 Å². The summed E-state index contributed by atoms with van der Waals surface area (Å²) < 4.78 is 5.36. The number of aryl methyl sites for hydroxylation is 1. The Morgan fingerprint density at radius 1 is 1.64 bits per heavy atom. The van der Waals surface area contributed by atoms with E-state index in [-0.39, 0.29) is 6.04 Å². The Morgan fingerprint density at radius 3 is 2.64 bits per heavy atom. The lowest BCUT2D eigenvalue weighted by molar-refractivity contribution is -0.149. The van der Waals surface area contributed by atoms with Crippen LogP contribution in [0.4, 0.5) is 0 Å². The zero-order valence-corrected chi connectivity index (χ0v) is 7.99. The van der Waals surface area contributed by atoms with Crippen LogP contribution in [-0.4, -0.2) is 17.1 Å². The molecule has 4 heteroatoms. The first kappa shape index (κ1) is 9.27. The number of carbonyl (C=O) groups is 1. The summed E-state index contributed by atoms with van der Waals surface area (Å²) in [6.45, 7) is 1.80. The van der Waals surface area contributed by atoms with E-state index in [1.54, 1.807) is 19.1 Å². The predicted molar refractivity (Wildman–Crippen MR) is 50.0 cm³/mol. The maximum Gasteiger partial charge on any atom is 0.317 e. The van der Waals surface area contributed by atoms with Crippen molar-refractivity contribution in [2.75, 3.05) is 0 Å². The highest BCUT2D eigenvalue weighted by atomic mass is 16.4. The van der Waals surface area contributed by atoms with Gasteiger partial charge in [-0.25, -0.2) is 0 Å². The molecular weight excluding hydrogens is 182 g/mol. The molecule has 76 valence electrons. The fourth-order valence-electron chi connectivity index (χ4n) is 2.01. The number of carboxylic acid groups (broad SMARTS) is 1. The summed E-state index contributed by atoms with van der Waals surface area (Å²) in [5, 5.41) is 9.15. The first-order valence-corrected chi connectivity index (χ1v) is 4.60. The Bertz CT molecular complexity index is 363. The molecule has 1 saturated carbocycles. The minimum atomic E-state index is -0.867. The monoisotopic (exact) mass is 195 g/mol. The summed E-state index contributed by atoms with van der Waals surface area (Å²) in [4.78, 5) is 11.1. The van der Waals surface area contributed by atoms with Crippen molar-refractivity contribution in [1.82, 2.24) is 0 Å². The SMILES string of the molecule is Cc1ccc(C2(C(=O)O)CC(N)C2)o1. The molecule has 1 aromatic rings. The highest BCUT2D eigenvalue weighted by Gasteiger charge is 2.52. The molecular formula is C10H13NO3. The van der Waals surface area contributed by atoms with Crippen molar-refractivity contribution in [3.63, 3.8) is 0 Å². The molecule has 2 rings (SSSR count). The Labute approximate surface area is 81.7 Å². The highest BCUT2D eigenvalue weighted by Crippen LogP contribution is 2.43. The molecule has 1 aliphatic rings. The van der Waals surface area contributed by atoms with Gasteiger partial charge in [0.2, 0.25) is 0 Å². The van der Waals surface area contributed by atoms with Crippen LogP contribution >= 0.6 is 0 Å². The first-order valence-electron chi connectivity index (χ1n) is 4.60. The molecule has 1 aromatic heterocycles. The molecule has 0 aromatic carbocycles. The third-order valence-corrected chi connectivity index (χ3v) is 2.84. The Morgan fingerprint density at radius 2 is 2.29 bits per heavy atom. The second kappa shape index (κ2) is 2.85. The van der Waals surface area contributed by atoms with Crippen molar-refractivity contribution in [2.45, 2.75) is 31.2 Å². The van der Waals surface area contributed by atoms with E-state index >= 15 is 0 Å². The van der Waals surface area contributed by atoms with E-state index in [1.807, 2.05) is 0 Å². The molecule has 1 heterocycles. The third-order valence-electron chi connectivity index (χ3n) is 2.84. The van der Waals surface area contributed by atoms with Crippen molar-refractivity contribution >= 4 is 5.97 Å². The lowest BCUT2D eigenvalue weighted by Crippen LogP contribution is -2.53. The molecule has 0 aliphatic heterocycles. The van der Waals surface area contributed by atoms with Crippen molar-refractivity contribution in [3.8, 4) is 0 Å². The molecule has 0 atom stereocenters. The largest absolute Gasteiger partial charge is 0.480 e. The summed E-state index contributed by atoms with van der Waals surface area (Å²) >= 11 is 0. The van der Waals surface area contributed by atoms with Gasteiger partial charge in [0.15, 0.2) is 0 Å². The van der Waals surface area contributed by atoms with Crippen LogP contribution < -0.4 is 5.73 Å². The standard InChI is InChI=1S/C10H13NO3/c1-6-2-3-8(14-6)10(9(12)13)4-7(11)5-10/h2-3,7H,4-5,11H2,1H3,(H,12,13). The normalized spacial score (nSPS) is 31.1. The zero-order chi connectivity index (χ0) is 10.3. The quantitative estimate of drug-likeness (QED) is 0.739. The molecule has 4 nitrogen and oxygen atoms in total. The van der Waals surface area contributed by atoms with E-state index in [0.29, 0.717) is 18.6 Å². The van der Waals surface area contributed by atoms with Gasteiger partial charge in [-0.3, -0.25) is 4.79 Å². The lowest BCUT2D eigenvalue weighted by atomic mass is 9.64. The zero-order valence-electron chi connectivity index (χ0n) is 7.99. The molecule has 0 amide bonds. The maximum absolute atomic E-state index is 11.1. The Kier molecular flexibility index (Phi) is 1.89. The molecule has 3 N–H and O–H groups in total. The van der Waals surface area contributed by atoms with Crippen LogP contribution in [0.15, 0.2) is 16.5 Å². The van der Waals surface area contributed by atoms with E-state index in [0.717, 1.165) is 5.76 Å². The van der Waals surface area contributed by atoms with Crippen molar-refractivity contribution < 1.29 is 14.3 Å². The first-order chi connectivity index (χ1) is 6.54. The van der Waals surface area contributed by atoms with Gasteiger partial charge in [0, 0.05) is 6.04 Å². The summed E-state index contributed by atoms with van der Waals surface area (Å²) in [6.07, 6.45) is 0.935. The number of furan rings is 1. The summed E-state index contributed by atoms with van der Waals surface area (Å²) in [5.74, 6) is 0.429. The van der Waals surface area contributed by atoms with Crippen LogP contribution in [0.5, 0.6) is 0 Å². The predicted octanol–water partition coefficient (Wildman–Crippen LogP) is 1.03. The number of hydrogen-bond acceptors (Lipinski definition) is 3. The Balaban J connectivity index is 2.34. The molecule has 1 aliphatic carbocycles. The van der Waals surface area contributed by atoms with Gasteiger partial charge in [-0.05, 0) is 31.9 Å². The van der Waals surface area contributed by atoms with Gasteiger partial charge in [-0.1, -0.05) is 0 Å². The van der Waals surface area contributed by atoms with Gasteiger partial charge in [-0.15, -0.1) is 0 Å². The number of hydrogen-bond donors (Lipinski definition) is 2. The number of carboxylic acids is 1. The van der Waals surface area contributed by atoms with Crippen LogP contribution in [0.3, 0.4) is 0 Å². The maximum atomic E-state index is 11.1. The van der Waals surface area contributed by atoms with E-state index in [1.165, 1.54) is 0 Å². The van der Waals surface area contributed by atoms with Gasteiger partial charge in [0.05, 0.1) is 0 Å². The summed E-state index contributed by atoms with van der Waals surface area (Å²) in [7, 11) is 0. The molecule has 0 spiro atoms. The smallest absolute Gasteiger partial charge is 0.317 e. The van der Waals surface area contributed by atoms with E-state index in [4.69, 9.17) is 15.3 Å². The molecule has 0 bridgehead atoms. The fraction of sp³-hybridized carbons (Fsp3) is 0.500. The molecule has 1 fully saturated rings. The number of nitrogens with two attached hydrogens (primary N) is 1. The van der Waals surface area contributed by atoms with E-state index < -0.39 is 11.4 Å². The Hall–Kier alpha value is -1.29. The number of aliphatic carboxylic acids is 1. The highest BCUT2D eigenvalue weighted by molar-refractivity contribution is 5.82. The summed E-state index contributed by atoms with van der Waals surface area (Å²) in [5.41, 5.74) is 4.76. The van der Waals surface area contributed by atoms with Crippen LogP contribution in [0, 0.1) is 6.92 Å². The van der Waals surface area contributed by atoms with Crippen LogP contribution in [-0.2, 0) is 10.2 Å². The fourth-order valence-corrected chi connectivity index (χ4v) is 2.01. The van der Waals surface area contributed by atoms with E-state index in [2.05, 4.69) is 0 Å². The average molecular weight is 195 g/mol. The topological polar surface area (TPSA) is 76.5 Å². The van der Waals surface area contributed by atoms with Crippen molar-refractivity contribution in [3.05, 3.63) is 23.7 Å². The number of rotatable bonds is 2. The van der Waals surface area contributed by atoms with Crippen LogP contribution in [0.1, 0.15) is 24.4 Å². The van der Waals surface area contributed by atoms with E-state index in [9.17, 15) is 4.79 Å². The third kappa shape index (κ3) is 1.14. The molecule has 14 heavy (non-hydrogen) atoms. The summed E-state index contributed by atoms with van der Waals surface area (Å²) in [6, 6.07) is 3.50. The lowest BCUT2D eigenvalue weighted by Gasteiger charge is -2.40. The van der Waals surface area contributed by atoms with Gasteiger partial charge >= 0.3 is 5.97 Å². The molecule has 0 radical (unpaired) electrons. The van der Waals surface area contributed by atoms with Gasteiger partial charge in [0.1, 0.15) is 16.9 Å². The molecule has 0 saturated heterocycles. The van der Waals surface area contributed by atoms with Crippen LogP contribution in [0.2, 0.25) is 0 Å². The van der Waals surface area contributed by atoms with Gasteiger partial charge in [-0.2, -0.15) is 0 Å². The second-order valence-electron chi connectivity index (χ2n) is 3.97. The minimum absolute atomic E-state index is 0.0171. The van der Waals surface area contributed by atoms with Gasteiger partial charge < -0.3 is 15.3 Å². The minimum Gasteiger partial charge on any atom is -0.480 e. The molecule has 0 unspecified atom stereocenters.